The van der Waals surface area contributed by atoms with Crippen LogP contribution in [0.2, 0.25) is 0 Å². The van der Waals surface area contributed by atoms with Gasteiger partial charge in [-0.1, -0.05) is 19.3 Å². The highest BCUT2D eigenvalue weighted by molar-refractivity contribution is 4.75. The second-order valence-corrected chi connectivity index (χ2v) is 4.48. The van der Waals surface area contributed by atoms with Crippen LogP contribution >= 0.6 is 0 Å². The number of ether oxygens (including phenoxy) is 2. The van der Waals surface area contributed by atoms with Crippen molar-refractivity contribution < 1.29 is 9.47 Å². The summed E-state index contributed by atoms with van der Waals surface area (Å²) in [5.41, 5.74) is 6.11. The predicted molar refractivity (Wildman–Crippen MR) is 61.9 cm³/mol. The van der Waals surface area contributed by atoms with E-state index in [1.165, 1.54) is 32.1 Å². The number of hydrogen-bond donors (Lipinski definition) is 1. The van der Waals surface area contributed by atoms with E-state index in [0.717, 1.165) is 19.6 Å². The maximum atomic E-state index is 6.11. The Morgan fingerprint density at radius 2 is 1.93 bits per heavy atom. The van der Waals surface area contributed by atoms with Crippen molar-refractivity contribution in [3.05, 3.63) is 0 Å². The van der Waals surface area contributed by atoms with E-state index in [1.54, 1.807) is 7.11 Å². The number of methoxy groups -OCH3 is 1. The average Bonchev–Trinajstić information content (AvgIpc) is 2.30. The smallest absolute Gasteiger partial charge is 0.0620 e. The first-order chi connectivity index (χ1) is 7.34. The van der Waals surface area contributed by atoms with Gasteiger partial charge in [-0.2, -0.15) is 0 Å². The Hall–Kier alpha value is -0.120. The van der Waals surface area contributed by atoms with E-state index in [0.29, 0.717) is 12.5 Å². The lowest BCUT2D eigenvalue weighted by atomic mass is 9.84. The summed E-state index contributed by atoms with van der Waals surface area (Å²) in [4.78, 5) is 0. The molecule has 0 heterocycles. The van der Waals surface area contributed by atoms with Crippen LogP contribution < -0.4 is 5.73 Å². The van der Waals surface area contributed by atoms with E-state index in [9.17, 15) is 0 Å². The fourth-order valence-corrected chi connectivity index (χ4v) is 2.22. The van der Waals surface area contributed by atoms with Crippen LogP contribution in [0.4, 0.5) is 0 Å². The van der Waals surface area contributed by atoms with Crippen molar-refractivity contribution >= 4 is 0 Å². The van der Waals surface area contributed by atoms with Gasteiger partial charge >= 0.3 is 0 Å². The molecule has 1 fully saturated rings. The van der Waals surface area contributed by atoms with Gasteiger partial charge in [-0.3, -0.25) is 0 Å². The highest BCUT2D eigenvalue weighted by Gasteiger charge is 2.20. The summed E-state index contributed by atoms with van der Waals surface area (Å²) in [5, 5.41) is 0. The van der Waals surface area contributed by atoms with Crippen LogP contribution in [0.15, 0.2) is 0 Å². The topological polar surface area (TPSA) is 44.5 Å². The van der Waals surface area contributed by atoms with Crippen molar-refractivity contribution in [1.82, 2.24) is 0 Å². The zero-order chi connectivity index (χ0) is 10.9. The standard InChI is InChI=1S/C12H25NO2/c1-14-8-5-9-15-10-12(13)11-6-3-2-4-7-11/h11-12H,2-10,13H2,1H3. The highest BCUT2D eigenvalue weighted by atomic mass is 16.5. The maximum Gasteiger partial charge on any atom is 0.0620 e. The molecule has 0 aliphatic heterocycles. The first kappa shape index (κ1) is 12.9. The summed E-state index contributed by atoms with van der Waals surface area (Å²) in [6.07, 6.45) is 7.64. The molecule has 90 valence electrons. The van der Waals surface area contributed by atoms with Crippen LogP contribution in [-0.2, 0) is 9.47 Å². The van der Waals surface area contributed by atoms with Crippen molar-refractivity contribution in [3.8, 4) is 0 Å². The molecule has 0 saturated heterocycles. The van der Waals surface area contributed by atoms with Gasteiger partial charge in [0.05, 0.1) is 6.61 Å². The summed E-state index contributed by atoms with van der Waals surface area (Å²) in [7, 11) is 1.72. The third-order valence-corrected chi connectivity index (χ3v) is 3.20. The third-order valence-electron chi connectivity index (χ3n) is 3.20. The predicted octanol–water partition coefficient (Wildman–Crippen LogP) is 1.95. The first-order valence-corrected chi connectivity index (χ1v) is 6.17. The van der Waals surface area contributed by atoms with Crippen LogP contribution in [0, 0.1) is 5.92 Å². The lowest BCUT2D eigenvalue weighted by Gasteiger charge is -2.27. The molecule has 1 aliphatic carbocycles. The number of hydrogen-bond acceptors (Lipinski definition) is 3. The molecule has 0 bridgehead atoms. The molecular formula is C12H25NO2. The van der Waals surface area contributed by atoms with Crippen molar-refractivity contribution in [2.45, 2.75) is 44.6 Å². The molecule has 2 N–H and O–H groups in total. The highest BCUT2D eigenvalue weighted by Crippen LogP contribution is 2.25. The Balaban J connectivity index is 1.99. The second-order valence-electron chi connectivity index (χ2n) is 4.48. The van der Waals surface area contributed by atoms with E-state index in [4.69, 9.17) is 15.2 Å². The Bertz CT molecular complexity index is 147. The molecule has 15 heavy (non-hydrogen) atoms. The summed E-state index contributed by atoms with van der Waals surface area (Å²) in [5.74, 6) is 0.696. The van der Waals surface area contributed by atoms with Gasteiger partial charge in [-0.15, -0.1) is 0 Å². The molecule has 0 spiro atoms. The van der Waals surface area contributed by atoms with Gasteiger partial charge in [-0.25, -0.2) is 0 Å². The monoisotopic (exact) mass is 215 g/mol. The van der Waals surface area contributed by atoms with Gasteiger partial charge in [-0.05, 0) is 25.2 Å². The Morgan fingerprint density at radius 3 is 2.60 bits per heavy atom. The van der Waals surface area contributed by atoms with Crippen LogP contribution in [-0.4, -0.2) is 33.0 Å². The largest absolute Gasteiger partial charge is 0.385 e. The average molecular weight is 215 g/mol. The summed E-state index contributed by atoms with van der Waals surface area (Å²) < 4.78 is 10.5. The van der Waals surface area contributed by atoms with E-state index in [1.807, 2.05) is 0 Å². The first-order valence-electron chi connectivity index (χ1n) is 6.17. The molecule has 1 rings (SSSR count). The molecule has 0 amide bonds. The minimum atomic E-state index is 0.243. The molecule has 1 aliphatic rings. The summed E-state index contributed by atoms with van der Waals surface area (Å²) in [6.45, 7) is 2.27. The van der Waals surface area contributed by atoms with Gasteiger partial charge in [0.25, 0.3) is 0 Å². The summed E-state index contributed by atoms with van der Waals surface area (Å²) >= 11 is 0. The fraction of sp³-hybridized carbons (Fsp3) is 1.00. The molecule has 3 nitrogen and oxygen atoms in total. The molecule has 0 aromatic heterocycles. The molecule has 0 radical (unpaired) electrons. The van der Waals surface area contributed by atoms with Gasteiger partial charge in [0.1, 0.15) is 0 Å². The molecule has 0 aromatic rings. The Labute approximate surface area is 93.3 Å². The van der Waals surface area contributed by atoms with Crippen molar-refractivity contribution in [2.24, 2.45) is 11.7 Å². The van der Waals surface area contributed by atoms with Gasteiger partial charge < -0.3 is 15.2 Å². The lowest BCUT2D eigenvalue weighted by Crippen LogP contribution is -2.36. The molecule has 0 aromatic carbocycles. The zero-order valence-corrected chi connectivity index (χ0v) is 9.91. The fourth-order valence-electron chi connectivity index (χ4n) is 2.22. The minimum absolute atomic E-state index is 0.243. The molecule has 1 atom stereocenters. The Kier molecular flexibility index (Phi) is 6.98. The lowest BCUT2D eigenvalue weighted by molar-refractivity contribution is 0.0785. The van der Waals surface area contributed by atoms with Crippen LogP contribution in [0.5, 0.6) is 0 Å². The molecule has 1 unspecified atom stereocenters. The number of rotatable bonds is 7. The number of nitrogens with two attached hydrogens (primary N) is 1. The molecule has 1 saturated carbocycles. The van der Waals surface area contributed by atoms with E-state index >= 15 is 0 Å². The SMILES string of the molecule is COCCCOCC(N)C1CCCCC1. The second kappa shape index (κ2) is 8.08. The zero-order valence-electron chi connectivity index (χ0n) is 9.91. The van der Waals surface area contributed by atoms with E-state index in [2.05, 4.69) is 0 Å². The molecule has 3 heteroatoms. The van der Waals surface area contributed by atoms with E-state index < -0.39 is 0 Å². The maximum absolute atomic E-state index is 6.11. The van der Waals surface area contributed by atoms with Gasteiger partial charge in [0, 0.05) is 26.4 Å². The third kappa shape index (κ3) is 5.50. The van der Waals surface area contributed by atoms with Crippen LogP contribution in [0.25, 0.3) is 0 Å². The van der Waals surface area contributed by atoms with Crippen LogP contribution in [0.3, 0.4) is 0 Å². The normalized spacial score (nSPS) is 20.4. The van der Waals surface area contributed by atoms with E-state index in [-0.39, 0.29) is 6.04 Å². The van der Waals surface area contributed by atoms with Gasteiger partial charge in [0.15, 0.2) is 0 Å². The van der Waals surface area contributed by atoms with Crippen LogP contribution in [0.1, 0.15) is 38.5 Å². The quantitative estimate of drug-likeness (QED) is 0.660. The van der Waals surface area contributed by atoms with Crippen molar-refractivity contribution in [3.63, 3.8) is 0 Å². The molecular weight excluding hydrogens is 190 g/mol. The van der Waals surface area contributed by atoms with Crippen molar-refractivity contribution in [2.75, 3.05) is 26.9 Å². The minimum Gasteiger partial charge on any atom is -0.385 e. The van der Waals surface area contributed by atoms with Crippen molar-refractivity contribution in [1.29, 1.82) is 0 Å². The Morgan fingerprint density at radius 1 is 1.20 bits per heavy atom. The van der Waals surface area contributed by atoms with Gasteiger partial charge in [0.2, 0.25) is 0 Å². The summed E-state index contributed by atoms with van der Waals surface area (Å²) in [6, 6.07) is 0.243.